The van der Waals surface area contributed by atoms with Crippen LogP contribution in [0.4, 0.5) is 0 Å². The molecule has 2 aromatic carbocycles. The lowest BCUT2D eigenvalue weighted by molar-refractivity contribution is 0.148. The summed E-state index contributed by atoms with van der Waals surface area (Å²) in [7, 11) is 1.67. The van der Waals surface area contributed by atoms with Gasteiger partial charge in [0.25, 0.3) is 0 Å². The van der Waals surface area contributed by atoms with Gasteiger partial charge in [0.1, 0.15) is 0 Å². The van der Waals surface area contributed by atoms with Crippen LogP contribution in [0, 0.1) is 5.92 Å². The topological polar surface area (TPSA) is 55.0 Å². The molecule has 2 fully saturated rings. The van der Waals surface area contributed by atoms with Gasteiger partial charge in [0.15, 0.2) is 11.5 Å². The van der Waals surface area contributed by atoms with E-state index in [2.05, 4.69) is 58.2 Å². The quantitative estimate of drug-likeness (QED) is 0.866. The number of hydrogen-bond acceptors (Lipinski definition) is 6. The van der Waals surface area contributed by atoms with E-state index in [4.69, 9.17) is 14.2 Å². The zero-order chi connectivity index (χ0) is 18.2. The number of methoxy groups -OCH3 is 1. The van der Waals surface area contributed by atoms with Crippen molar-refractivity contribution in [1.29, 1.82) is 0 Å². The molecule has 0 spiro atoms. The summed E-state index contributed by atoms with van der Waals surface area (Å²) in [6, 6.07) is 15.8. The highest BCUT2D eigenvalue weighted by Gasteiger charge is 2.40. The fourth-order valence-electron chi connectivity index (χ4n) is 4.54. The lowest BCUT2D eigenvalue weighted by Gasteiger charge is -2.36. The second kappa shape index (κ2) is 7.03. The van der Waals surface area contributed by atoms with Gasteiger partial charge in [0, 0.05) is 31.6 Å². The summed E-state index contributed by atoms with van der Waals surface area (Å²) in [4.78, 5) is 2.53. The number of nitrogens with zero attached hydrogens (tertiary/aromatic N) is 1. The SMILES string of the molecule is COc1cc(CN2CCC3NNC(c4ccccc4)C3C2)cc2c1OCO2. The van der Waals surface area contributed by atoms with E-state index in [1.165, 1.54) is 11.1 Å². The third kappa shape index (κ3) is 3.14. The molecule has 0 radical (unpaired) electrons. The summed E-state index contributed by atoms with van der Waals surface area (Å²) in [5.74, 6) is 2.80. The molecule has 6 nitrogen and oxygen atoms in total. The van der Waals surface area contributed by atoms with Crippen LogP contribution in [0.2, 0.25) is 0 Å². The molecular formula is C21H25N3O3. The van der Waals surface area contributed by atoms with Crippen LogP contribution in [0.15, 0.2) is 42.5 Å². The number of hydrazine groups is 1. The molecule has 0 bridgehead atoms. The van der Waals surface area contributed by atoms with Crippen molar-refractivity contribution >= 4 is 0 Å². The minimum absolute atomic E-state index is 0.263. The van der Waals surface area contributed by atoms with Gasteiger partial charge in [-0.3, -0.25) is 10.3 Å². The first-order valence-corrected chi connectivity index (χ1v) is 9.56. The van der Waals surface area contributed by atoms with Crippen molar-refractivity contribution in [3.05, 3.63) is 53.6 Å². The van der Waals surface area contributed by atoms with Crippen molar-refractivity contribution < 1.29 is 14.2 Å². The van der Waals surface area contributed by atoms with Crippen molar-refractivity contribution in [2.45, 2.75) is 25.0 Å². The molecule has 3 atom stereocenters. The molecule has 2 aromatic rings. The van der Waals surface area contributed by atoms with E-state index in [0.717, 1.165) is 37.6 Å². The lowest BCUT2D eigenvalue weighted by Crippen LogP contribution is -2.45. The zero-order valence-electron chi connectivity index (χ0n) is 15.5. The van der Waals surface area contributed by atoms with Gasteiger partial charge in [-0.2, -0.15) is 0 Å². The van der Waals surface area contributed by atoms with E-state index in [1.54, 1.807) is 7.11 Å². The average Bonchev–Trinajstić information content (AvgIpc) is 3.34. The van der Waals surface area contributed by atoms with Crippen LogP contribution < -0.4 is 25.1 Å². The molecule has 142 valence electrons. The third-order valence-electron chi connectivity index (χ3n) is 5.88. The molecule has 3 aliphatic heterocycles. The molecule has 2 saturated heterocycles. The van der Waals surface area contributed by atoms with Gasteiger partial charge in [-0.15, -0.1) is 0 Å². The number of hydrogen-bond donors (Lipinski definition) is 2. The minimum atomic E-state index is 0.263. The maximum absolute atomic E-state index is 5.57. The van der Waals surface area contributed by atoms with Crippen LogP contribution in [0.25, 0.3) is 0 Å². The number of ether oxygens (including phenoxy) is 3. The van der Waals surface area contributed by atoms with Crippen LogP contribution in [0.1, 0.15) is 23.6 Å². The van der Waals surface area contributed by atoms with Crippen molar-refractivity contribution in [3.8, 4) is 17.2 Å². The van der Waals surface area contributed by atoms with Crippen LogP contribution in [0.5, 0.6) is 17.2 Å². The number of fused-ring (bicyclic) bond motifs is 2. The predicted octanol–water partition coefficient (Wildman–Crippen LogP) is 2.46. The van der Waals surface area contributed by atoms with Crippen molar-refractivity contribution in [1.82, 2.24) is 15.8 Å². The summed E-state index contributed by atoms with van der Waals surface area (Å²) < 4.78 is 16.6. The molecule has 3 aliphatic rings. The molecule has 3 heterocycles. The van der Waals surface area contributed by atoms with E-state index in [1.807, 2.05) is 0 Å². The van der Waals surface area contributed by atoms with E-state index in [9.17, 15) is 0 Å². The first-order chi connectivity index (χ1) is 13.3. The normalized spacial score (nSPS) is 26.8. The second-order valence-electron chi connectivity index (χ2n) is 7.50. The molecule has 27 heavy (non-hydrogen) atoms. The van der Waals surface area contributed by atoms with E-state index in [0.29, 0.717) is 23.8 Å². The summed E-state index contributed by atoms with van der Waals surface area (Å²) in [6.07, 6.45) is 1.14. The lowest BCUT2D eigenvalue weighted by atomic mass is 9.85. The highest BCUT2D eigenvalue weighted by Crippen LogP contribution is 2.42. The number of piperidine rings is 1. The minimum Gasteiger partial charge on any atom is -0.493 e. The number of likely N-dealkylation sites (tertiary alicyclic amines) is 1. The van der Waals surface area contributed by atoms with Gasteiger partial charge in [-0.25, -0.2) is 5.43 Å². The number of benzene rings is 2. The highest BCUT2D eigenvalue weighted by molar-refractivity contribution is 5.55. The Kier molecular flexibility index (Phi) is 4.39. The average molecular weight is 367 g/mol. The maximum Gasteiger partial charge on any atom is 0.231 e. The highest BCUT2D eigenvalue weighted by atomic mass is 16.7. The smallest absolute Gasteiger partial charge is 0.231 e. The summed E-state index contributed by atoms with van der Waals surface area (Å²) in [5.41, 5.74) is 9.58. The summed E-state index contributed by atoms with van der Waals surface area (Å²) in [6.45, 7) is 3.28. The van der Waals surface area contributed by atoms with Gasteiger partial charge >= 0.3 is 0 Å². The Morgan fingerprint density at radius 1 is 1.15 bits per heavy atom. The fraction of sp³-hybridized carbons (Fsp3) is 0.429. The van der Waals surface area contributed by atoms with Crippen LogP contribution in [-0.4, -0.2) is 37.9 Å². The van der Waals surface area contributed by atoms with Crippen LogP contribution in [0.3, 0.4) is 0 Å². The molecule has 2 N–H and O–H groups in total. The zero-order valence-corrected chi connectivity index (χ0v) is 15.5. The first-order valence-electron chi connectivity index (χ1n) is 9.56. The largest absolute Gasteiger partial charge is 0.493 e. The van der Waals surface area contributed by atoms with Gasteiger partial charge in [0.2, 0.25) is 12.5 Å². The van der Waals surface area contributed by atoms with E-state index in [-0.39, 0.29) is 6.79 Å². The summed E-state index contributed by atoms with van der Waals surface area (Å²) in [5, 5.41) is 0. The molecule has 0 amide bonds. The summed E-state index contributed by atoms with van der Waals surface area (Å²) >= 11 is 0. The third-order valence-corrected chi connectivity index (χ3v) is 5.88. The van der Waals surface area contributed by atoms with Gasteiger partial charge in [0.05, 0.1) is 13.2 Å². The van der Waals surface area contributed by atoms with E-state index >= 15 is 0 Å². The molecule has 5 rings (SSSR count). The Morgan fingerprint density at radius 3 is 2.89 bits per heavy atom. The number of nitrogens with one attached hydrogen (secondary N) is 2. The monoisotopic (exact) mass is 367 g/mol. The van der Waals surface area contributed by atoms with Crippen molar-refractivity contribution in [2.75, 3.05) is 27.0 Å². The Labute approximate surface area is 159 Å². The Balaban J connectivity index is 1.33. The molecule has 0 aromatic heterocycles. The maximum atomic E-state index is 5.57. The predicted molar refractivity (Wildman–Crippen MR) is 102 cm³/mol. The molecular weight excluding hydrogens is 342 g/mol. The van der Waals surface area contributed by atoms with Gasteiger partial charge < -0.3 is 14.2 Å². The molecule has 0 aliphatic carbocycles. The Hall–Kier alpha value is -2.28. The van der Waals surface area contributed by atoms with Crippen LogP contribution in [-0.2, 0) is 6.54 Å². The van der Waals surface area contributed by atoms with Crippen LogP contribution >= 0.6 is 0 Å². The molecule has 3 unspecified atom stereocenters. The second-order valence-corrected chi connectivity index (χ2v) is 7.50. The van der Waals surface area contributed by atoms with E-state index < -0.39 is 0 Å². The Morgan fingerprint density at radius 2 is 2.04 bits per heavy atom. The first kappa shape index (κ1) is 16.9. The Bertz CT molecular complexity index is 814. The standard InChI is InChI=1S/C21H25N3O3/c1-25-18-9-14(10-19-21(18)27-13-26-19)11-24-8-7-17-16(12-24)20(23-22-17)15-5-3-2-4-6-15/h2-6,9-10,16-17,20,22-23H,7-8,11-13H2,1H3. The van der Waals surface area contributed by atoms with Gasteiger partial charge in [-0.05, 0) is 29.7 Å². The molecule has 6 heteroatoms. The van der Waals surface area contributed by atoms with Crippen molar-refractivity contribution in [3.63, 3.8) is 0 Å². The van der Waals surface area contributed by atoms with Gasteiger partial charge in [-0.1, -0.05) is 30.3 Å². The fourth-order valence-corrected chi connectivity index (χ4v) is 4.54. The number of rotatable bonds is 4. The molecule has 0 saturated carbocycles. The van der Waals surface area contributed by atoms with Crippen molar-refractivity contribution in [2.24, 2.45) is 5.92 Å².